The maximum absolute atomic E-state index is 12.6. The summed E-state index contributed by atoms with van der Waals surface area (Å²) in [5, 5.41) is 0. The summed E-state index contributed by atoms with van der Waals surface area (Å²) in [5.41, 5.74) is 5.56. The topological polar surface area (TPSA) is 51.8 Å². The van der Waals surface area contributed by atoms with Crippen LogP contribution in [0, 0.1) is 6.33 Å². The minimum Gasteiger partial charge on any atom is -0.383 e. The van der Waals surface area contributed by atoms with Crippen LogP contribution in [0.4, 0.5) is 14.6 Å². The van der Waals surface area contributed by atoms with E-state index in [1.807, 2.05) is 0 Å². The summed E-state index contributed by atoms with van der Waals surface area (Å²) < 4.78 is 25.3. The highest BCUT2D eigenvalue weighted by Gasteiger charge is 2.28. The van der Waals surface area contributed by atoms with Crippen molar-refractivity contribution in [2.75, 3.05) is 5.73 Å². The molecule has 1 saturated carbocycles. The van der Waals surface area contributed by atoms with Crippen molar-refractivity contribution < 1.29 is 8.78 Å². The van der Waals surface area contributed by atoms with Crippen LogP contribution in [0.5, 0.6) is 0 Å². The summed E-state index contributed by atoms with van der Waals surface area (Å²) >= 11 is 0. The van der Waals surface area contributed by atoms with Crippen molar-refractivity contribution in [3.05, 3.63) is 17.6 Å². The molecule has 1 aliphatic rings. The van der Waals surface area contributed by atoms with Gasteiger partial charge in [-0.25, -0.2) is 18.7 Å². The Kier molecular flexibility index (Phi) is 2.31. The Morgan fingerprint density at radius 3 is 2.57 bits per heavy atom. The highest BCUT2D eigenvalue weighted by molar-refractivity contribution is 5.43. The predicted octanol–water partition coefficient (Wildman–Crippen LogP) is 2.06. The second-order valence-electron chi connectivity index (χ2n) is 3.44. The number of hydrogen-bond acceptors (Lipinski definition) is 3. The molecule has 1 aromatic rings. The van der Waals surface area contributed by atoms with Crippen molar-refractivity contribution in [2.24, 2.45) is 0 Å². The molecule has 75 valence electrons. The molecule has 1 heterocycles. The van der Waals surface area contributed by atoms with Crippen LogP contribution in [-0.4, -0.2) is 9.97 Å². The number of hydrogen-bond donors (Lipinski definition) is 1. The maximum Gasteiger partial charge on any atom is 0.269 e. The van der Waals surface area contributed by atoms with Gasteiger partial charge < -0.3 is 5.73 Å². The molecule has 0 amide bonds. The molecule has 0 aromatic carbocycles. The average molecular weight is 198 g/mol. The van der Waals surface area contributed by atoms with Gasteiger partial charge in [0.1, 0.15) is 5.82 Å². The van der Waals surface area contributed by atoms with Gasteiger partial charge in [-0.1, -0.05) is 6.42 Å². The minimum absolute atomic E-state index is 0.126. The standard InChI is InChI=1S/C9H10F2N3/c10-8(11)6-7(5-2-1-3-5)13-4-14-9(6)12/h5,8H,1-3H2,(H2,12,13,14). The van der Waals surface area contributed by atoms with Gasteiger partial charge in [-0.3, -0.25) is 0 Å². The summed E-state index contributed by atoms with van der Waals surface area (Å²) in [6.07, 6.45) is 2.60. The van der Waals surface area contributed by atoms with Crippen LogP contribution in [0.15, 0.2) is 0 Å². The Morgan fingerprint density at radius 1 is 1.36 bits per heavy atom. The zero-order valence-electron chi connectivity index (χ0n) is 7.50. The van der Waals surface area contributed by atoms with Gasteiger partial charge in [0.25, 0.3) is 6.43 Å². The van der Waals surface area contributed by atoms with Crippen molar-refractivity contribution in [2.45, 2.75) is 31.6 Å². The summed E-state index contributed by atoms with van der Waals surface area (Å²) in [7, 11) is 0. The summed E-state index contributed by atoms with van der Waals surface area (Å²) in [6.45, 7) is 0. The molecule has 14 heavy (non-hydrogen) atoms. The SMILES string of the molecule is Nc1n[c]nc(C2CCC2)c1C(F)F. The summed E-state index contributed by atoms with van der Waals surface area (Å²) in [4.78, 5) is 7.25. The van der Waals surface area contributed by atoms with Crippen LogP contribution < -0.4 is 5.73 Å². The minimum atomic E-state index is -2.60. The highest BCUT2D eigenvalue weighted by Crippen LogP contribution is 2.40. The van der Waals surface area contributed by atoms with Crippen molar-refractivity contribution in [1.29, 1.82) is 0 Å². The van der Waals surface area contributed by atoms with E-state index in [1.54, 1.807) is 0 Å². The Hall–Kier alpha value is -1.26. The normalized spacial score (nSPS) is 17.1. The van der Waals surface area contributed by atoms with Crippen LogP contribution in [0.1, 0.15) is 42.9 Å². The zero-order valence-corrected chi connectivity index (χ0v) is 7.50. The molecule has 0 unspecified atom stereocenters. The first-order valence-corrected chi connectivity index (χ1v) is 4.51. The molecule has 0 bridgehead atoms. The second kappa shape index (κ2) is 3.48. The summed E-state index contributed by atoms with van der Waals surface area (Å²) in [6, 6.07) is 0. The van der Waals surface area contributed by atoms with Crippen LogP contribution in [-0.2, 0) is 0 Å². The predicted molar refractivity (Wildman–Crippen MR) is 46.8 cm³/mol. The molecule has 5 heteroatoms. The third-order valence-electron chi connectivity index (χ3n) is 2.60. The Balaban J connectivity index is 2.41. The lowest BCUT2D eigenvalue weighted by Crippen LogP contribution is -2.15. The monoisotopic (exact) mass is 198 g/mol. The summed E-state index contributed by atoms with van der Waals surface area (Å²) in [5.74, 6) is -0.0163. The quantitative estimate of drug-likeness (QED) is 0.791. The molecular weight excluding hydrogens is 188 g/mol. The third-order valence-corrected chi connectivity index (χ3v) is 2.60. The van der Waals surface area contributed by atoms with Crippen LogP contribution >= 0.6 is 0 Å². The van der Waals surface area contributed by atoms with E-state index < -0.39 is 6.43 Å². The van der Waals surface area contributed by atoms with E-state index in [-0.39, 0.29) is 17.3 Å². The van der Waals surface area contributed by atoms with E-state index >= 15 is 0 Å². The number of alkyl halides is 2. The van der Waals surface area contributed by atoms with Crippen LogP contribution in [0.3, 0.4) is 0 Å². The van der Waals surface area contributed by atoms with Crippen molar-refractivity contribution in [3.63, 3.8) is 0 Å². The molecule has 1 aromatic heterocycles. The van der Waals surface area contributed by atoms with Gasteiger partial charge in [0.2, 0.25) is 0 Å². The smallest absolute Gasteiger partial charge is 0.269 e. The number of halogens is 2. The molecule has 1 fully saturated rings. The van der Waals surface area contributed by atoms with E-state index in [0.717, 1.165) is 19.3 Å². The van der Waals surface area contributed by atoms with E-state index in [9.17, 15) is 8.78 Å². The molecule has 0 saturated heterocycles. The second-order valence-corrected chi connectivity index (χ2v) is 3.44. The Morgan fingerprint density at radius 2 is 2.07 bits per heavy atom. The molecule has 3 nitrogen and oxygen atoms in total. The highest BCUT2D eigenvalue weighted by atomic mass is 19.3. The van der Waals surface area contributed by atoms with Crippen LogP contribution in [0.25, 0.3) is 0 Å². The van der Waals surface area contributed by atoms with Crippen molar-refractivity contribution in [1.82, 2.24) is 9.97 Å². The van der Waals surface area contributed by atoms with Gasteiger partial charge >= 0.3 is 0 Å². The fourth-order valence-electron chi connectivity index (χ4n) is 1.60. The average Bonchev–Trinajstić information content (AvgIpc) is 1.99. The Bertz CT molecular complexity index is 337. The maximum atomic E-state index is 12.6. The first-order valence-electron chi connectivity index (χ1n) is 4.51. The number of nitrogen functional groups attached to an aromatic ring is 1. The van der Waals surface area contributed by atoms with Gasteiger partial charge in [0.05, 0.1) is 11.3 Å². The number of aromatic nitrogens is 2. The fraction of sp³-hybridized carbons (Fsp3) is 0.556. The van der Waals surface area contributed by atoms with Gasteiger partial charge in [0.15, 0.2) is 6.33 Å². The first-order chi connectivity index (χ1) is 6.70. The fourth-order valence-corrected chi connectivity index (χ4v) is 1.60. The molecule has 0 aliphatic heterocycles. The molecular formula is C9H10F2N3. The lowest BCUT2D eigenvalue weighted by atomic mass is 9.81. The van der Waals surface area contributed by atoms with E-state index in [1.165, 1.54) is 0 Å². The Labute approximate surface area is 80.4 Å². The first kappa shape index (κ1) is 9.30. The molecule has 1 aliphatic carbocycles. The molecule has 2 rings (SSSR count). The zero-order chi connectivity index (χ0) is 10.1. The largest absolute Gasteiger partial charge is 0.383 e. The van der Waals surface area contributed by atoms with E-state index in [4.69, 9.17) is 5.73 Å². The molecule has 0 spiro atoms. The lowest BCUT2D eigenvalue weighted by molar-refractivity contribution is 0.148. The molecule has 2 N–H and O–H groups in total. The van der Waals surface area contributed by atoms with E-state index in [2.05, 4.69) is 16.3 Å². The van der Waals surface area contributed by atoms with Gasteiger partial charge in [-0.2, -0.15) is 0 Å². The van der Waals surface area contributed by atoms with Crippen molar-refractivity contribution >= 4 is 5.82 Å². The van der Waals surface area contributed by atoms with E-state index in [0.29, 0.717) is 5.69 Å². The van der Waals surface area contributed by atoms with Gasteiger partial charge in [-0.05, 0) is 12.8 Å². The number of rotatable bonds is 2. The molecule has 1 radical (unpaired) electrons. The van der Waals surface area contributed by atoms with Crippen LogP contribution in [0.2, 0.25) is 0 Å². The molecule has 0 atom stereocenters. The van der Waals surface area contributed by atoms with Gasteiger partial charge in [-0.15, -0.1) is 0 Å². The van der Waals surface area contributed by atoms with Gasteiger partial charge in [0, 0.05) is 5.92 Å². The lowest BCUT2D eigenvalue weighted by Gasteiger charge is -2.26. The number of anilines is 1. The number of nitrogens with two attached hydrogens (primary N) is 1. The number of nitrogens with zero attached hydrogens (tertiary/aromatic N) is 2. The third kappa shape index (κ3) is 1.42. The van der Waals surface area contributed by atoms with Crippen molar-refractivity contribution in [3.8, 4) is 0 Å².